The molecule has 0 spiro atoms. The van der Waals surface area contributed by atoms with E-state index in [2.05, 4.69) is 13.8 Å². The van der Waals surface area contributed by atoms with Crippen LogP contribution in [-0.4, -0.2) is 25.2 Å². The maximum atomic E-state index is 12.5. The predicted molar refractivity (Wildman–Crippen MR) is 84.0 cm³/mol. The Hall–Kier alpha value is -1.06. The molecular formula is C17H32O4. The van der Waals surface area contributed by atoms with E-state index in [9.17, 15) is 9.59 Å². The molecule has 0 N–H and O–H groups in total. The van der Waals surface area contributed by atoms with E-state index in [1.807, 2.05) is 13.8 Å². The Bertz CT molecular complexity index is 269. The summed E-state index contributed by atoms with van der Waals surface area (Å²) in [6.45, 7) is 8.73. The summed E-state index contributed by atoms with van der Waals surface area (Å²) in [6.07, 6.45) is 6.09. The first-order chi connectivity index (χ1) is 10.1. The standard InChI is InChI=1S/C17H32O4/c1-5-9-11-17(12-10-6-2,15(18)20-13-7-3)16(19)21-14-8-4/h5-14H2,1-4H3. The molecule has 0 bridgehead atoms. The first-order valence-corrected chi connectivity index (χ1v) is 8.43. The minimum Gasteiger partial charge on any atom is -0.465 e. The Morgan fingerprint density at radius 1 is 0.714 bits per heavy atom. The zero-order valence-electron chi connectivity index (χ0n) is 14.2. The van der Waals surface area contributed by atoms with Gasteiger partial charge in [-0.3, -0.25) is 9.59 Å². The van der Waals surface area contributed by atoms with Gasteiger partial charge in [-0.25, -0.2) is 0 Å². The number of hydrogen-bond acceptors (Lipinski definition) is 4. The minimum absolute atomic E-state index is 0.361. The molecule has 0 aromatic heterocycles. The number of carbonyl (C=O) groups excluding carboxylic acids is 2. The van der Waals surface area contributed by atoms with Crippen molar-refractivity contribution in [3.05, 3.63) is 0 Å². The third-order valence-electron chi connectivity index (χ3n) is 3.57. The normalized spacial score (nSPS) is 11.2. The Balaban J connectivity index is 5.17. The van der Waals surface area contributed by atoms with Gasteiger partial charge < -0.3 is 9.47 Å². The number of esters is 2. The molecule has 4 nitrogen and oxygen atoms in total. The molecule has 0 saturated carbocycles. The van der Waals surface area contributed by atoms with Crippen molar-refractivity contribution in [1.82, 2.24) is 0 Å². The molecule has 21 heavy (non-hydrogen) atoms. The van der Waals surface area contributed by atoms with Crippen LogP contribution in [0.3, 0.4) is 0 Å². The van der Waals surface area contributed by atoms with E-state index < -0.39 is 17.4 Å². The number of carbonyl (C=O) groups is 2. The highest BCUT2D eigenvalue weighted by Gasteiger charge is 2.47. The van der Waals surface area contributed by atoms with Crippen LogP contribution in [0.1, 0.15) is 79.1 Å². The second-order valence-corrected chi connectivity index (χ2v) is 5.56. The zero-order chi connectivity index (χ0) is 16.1. The Labute approximate surface area is 129 Å². The molecule has 0 atom stereocenters. The average Bonchev–Trinajstić information content (AvgIpc) is 2.50. The second-order valence-electron chi connectivity index (χ2n) is 5.56. The average molecular weight is 300 g/mol. The van der Waals surface area contributed by atoms with Gasteiger partial charge in [0.2, 0.25) is 0 Å². The topological polar surface area (TPSA) is 52.6 Å². The summed E-state index contributed by atoms with van der Waals surface area (Å²) in [6, 6.07) is 0. The van der Waals surface area contributed by atoms with Crippen LogP contribution in [0.4, 0.5) is 0 Å². The molecule has 0 heterocycles. The molecule has 0 aromatic carbocycles. The van der Waals surface area contributed by atoms with E-state index in [0.29, 0.717) is 26.1 Å². The fraction of sp³-hybridized carbons (Fsp3) is 0.882. The predicted octanol–water partition coefficient (Wildman–Crippen LogP) is 4.26. The molecule has 0 amide bonds. The fourth-order valence-electron chi connectivity index (χ4n) is 2.24. The van der Waals surface area contributed by atoms with E-state index in [1.165, 1.54) is 0 Å². The Morgan fingerprint density at radius 2 is 1.10 bits per heavy atom. The van der Waals surface area contributed by atoms with E-state index >= 15 is 0 Å². The zero-order valence-corrected chi connectivity index (χ0v) is 14.2. The van der Waals surface area contributed by atoms with Gasteiger partial charge in [0.15, 0.2) is 5.41 Å². The molecule has 0 aromatic rings. The van der Waals surface area contributed by atoms with Crippen molar-refractivity contribution in [1.29, 1.82) is 0 Å². The molecule has 0 aliphatic carbocycles. The maximum Gasteiger partial charge on any atom is 0.323 e. The highest BCUT2D eigenvalue weighted by atomic mass is 16.6. The summed E-state index contributed by atoms with van der Waals surface area (Å²) in [7, 11) is 0. The van der Waals surface area contributed by atoms with Gasteiger partial charge in [0.05, 0.1) is 13.2 Å². The lowest BCUT2D eigenvalue weighted by Crippen LogP contribution is -2.42. The van der Waals surface area contributed by atoms with Crippen LogP contribution in [0.25, 0.3) is 0 Å². The van der Waals surface area contributed by atoms with Gasteiger partial charge in [0.25, 0.3) is 0 Å². The number of rotatable bonds is 12. The molecule has 0 fully saturated rings. The van der Waals surface area contributed by atoms with E-state index in [4.69, 9.17) is 9.47 Å². The smallest absolute Gasteiger partial charge is 0.323 e. The molecule has 0 rings (SSSR count). The van der Waals surface area contributed by atoms with Crippen LogP contribution in [0, 0.1) is 5.41 Å². The third-order valence-corrected chi connectivity index (χ3v) is 3.57. The van der Waals surface area contributed by atoms with Crippen LogP contribution < -0.4 is 0 Å². The molecule has 0 aliphatic heterocycles. The van der Waals surface area contributed by atoms with Gasteiger partial charge in [-0.2, -0.15) is 0 Å². The molecule has 0 saturated heterocycles. The van der Waals surface area contributed by atoms with Gasteiger partial charge in [0.1, 0.15) is 0 Å². The maximum absolute atomic E-state index is 12.5. The fourth-order valence-corrected chi connectivity index (χ4v) is 2.24. The summed E-state index contributed by atoms with van der Waals surface area (Å²) in [5.41, 5.74) is -1.10. The van der Waals surface area contributed by atoms with Gasteiger partial charge in [-0.15, -0.1) is 0 Å². The van der Waals surface area contributed by atoms with Gasteiger partial charge in [-0.05, 0) is 25.7 Å². The van der Waals surface area contributed by atoms with Crippen LogP contribution in [0.5, 0.6) is 0 Å². The van der Waals surface area contributed by atoms with Crippen LogP contribution >= 0.6 is 0 Å². The Kier molecular flexibility index (Phi) is 11.0. The summed E-state index contributed by atoms with van der Waals surface area (Å²) in [5, 5.41) is 0. The molecule has 124 valence electrons. The highest BCUT2D eigenvalue weighted by molar-refractivity contribution is 6.00. The summed E-state index contributed by atoms with van der Waals surface area (Å²) in [5.74, 6) is -0.792. The monoisotopic (exact) mass is 300 g/mol. The van der Waals surface area contributed by atoms with Crippen molar-refractivity contribution in [2.75, 3.05) is 13.2 Å². The molecular weight excluding hydrogens is 268 g/mol. The first kappa shape index (κ1) is 19.9. The summed E-state index contributed by atoms with van der Waals surface area (Å²) >= 11 is 0. The van der Waals surface area contributed by atoms with Crippen molar-refractivity contribution in [3.63, 3.8) is 0 Å². The van der Waals surface area contributed by atoms with Gasteiger partial charge in [0, 0.05) is 0 Å². The summed E-state index contributed by atoms with van der Waals surface area (Å²) in [4.78, 5) is 25.0. The van der Waals surface area contributed by atoms with E-state index in [0.717, 1.165) is 38.5 Å². The number of hydrogen-bond donors (Lipinski definition) is 0. The van der Waals surface area contributed by atoms with Crippen LogP contribution in [-0.2, 0) is 19.1 Å². The van der Waals surface area contributed by atoms with Crippen LogP contribution in [0.2, 0.25) is 0 Å². The molecule has 0 radical (unpaired) electrons. The number of unbranched alkanes of at least 4 members (excludes halogenated alkanes) is 2. The highest BCUT2D eigenvalue weighted by Crippen LogP contribution is 2.34. The third kappa shape index (κ3) is 6.49. The number of ether oxygens (including phenoxy) is 2. The van der Waals surface area contributed by atoms with Crippen molar-refractivity contribution in [2.24, 2.45) is 5.41 Å². The quantitative estimate of drug-likeness (QED) is 0.399. The Morgan fingerprint density at radius 3 is 1.38 bits per heavy atom. The van der Waals surface area contributed by atoms with Crippen molar-refractivity contribution in [3.8, 4) is 0 Å². The first-order valence-electron chi connectivity index (χ1n) is 8.43. The van der Waals surface area contributed by atoms with Gasteiger partial charge >= 0.3 is 11.9 Å². The van der Waals surface area contributed by atoms with Gasteiger partial charge in [-0.1, -0.05) is 53.4 Å². The SMILES string of the molecule is CCCCC(CCCC)(C(=O)OCCC)C(=O)OCCC. The lowest BCUT2D eigenvalue weighted by atomic mass is 9.78. The lowest BCUT2D eigenvalue weighted by Gasteiger charge is -2.29. The molecule has 0 aliphatic rings. The minimum atomic E-state index is -1.10. The van der Waals surface area contributed by atoms with Crippen molar-refractivity contribution in [2.45, 2.75) is 79.1 Å². The van der Waals surface area contributed by atoms with Crippen LogP contribution in [0.15, 0.2) is 0 Å². The molecule has 0 unspecified atom stereocenters. The molecule has 4 heteroatoms. The van der Waals surface area contributed by atoms with E-state index in [-0.39, 0.29) is 0 Å². The van der Waals surface area contributed by atoms with E-state index in [1.54, 1.807) is 0 Å². The summed E-state index contributed by atoms with van der Waals surface area (Å²) < 4.78 is 10.6. The lowest BCUT2D eigenvalue weighted by molar-refractivity contribution is -0.174. The largest absolute Gasteiger partial charge is 0.465 e. The second kappa shape index (κ2) is 11.6. The van der Waals surface area contributed by atoms with Crippen molar-refractivity contribution < 1.29 is 19.1 Å². The van der Waals surface area contributed by atoms with Crippen molar-refractivity contribution >= 4 is 11.9 Å².